The number of nitrogens with zero attached hydrogens (tertiary/aromatic N) is 1. The quantitative estimate of drug-likeness (QED) is 0.207. The lowest BCUT2D eigenvalue weighted by Gasteiger charge is -2.34. The molecule has 0 N–H and O–H groups in total. The normalized spacial score (nSPS) is 16.1. The number of hydrogen-bond donors (Lipinski definition) is 0. The molecule has 0 aromatic heterocycles. The van der Waals surface area contributed by atoms with Crippen molar-refractivity contribution in [2.24, 2.45) is 5.92 Å². The van der Waals surface area contributed by atoms with Crippen molar-refractivity contribution in [3.8, 4) is 16.9 Å². The van der Waals surface area contributed by atoms with Gasteiger partial charge in [-0.3, -0.25) is 0 Å². The summed E-state index contributed by atoms with van der Waals surface area (Å²) in [5, 5.41) is 0. The van der Waals surface area contributed by atoms with Crippen molar-refractivity contribution in [3.05, 3.63) is 54.1 Å². The molecule has 0 spiro atoms. The topological polar surface area (TPSA) is 48.0 Å². The first-order chi connectivity index (χ1) is 16.6. The van der Waals surface area contributed by atoms with Crippen LogP contribution in [0.3, 0.4) is 0 Å². The van der Waals surface area contributed by atoms with E-state index in [0.717, 1.165) is 55.0 Å². The molecular weight excluding hydrogens is 426 g/mol. The Labute approximate surface area is 204 Å². The minimum atomic E-state index is -0.314. The maximum atomic E-state index is 12.0. The summed E-state index contributed by atoms with van der Waals surface area (Å²) in [5.41, 5.74) is 4.41. The van der Waals surface area contributed by atoms with E-state index in [2.05, 4.69) is 49.1 Å². The van der Waals surface area contributed by atoms with Gasteiger partial charge in [-0.1, -0.05) is 38.5 Å². The van der Waals surface area contributed by atoms with Crippen LogP contribution in [0.1, 0.15) is 52.0 Å². The standard InChI is InChI=1S/C29H39NO4/c1-4-6-18-32-19-20-34-27-13-9-24(10-14-27)25-11-15-28(30-17-7-8-23(3)22-30)26(21-25)12-16-29(31)33-5-2/h9-16,21,23H,4-8,17-20,22H2,1-3H3. The smallest absolute Gasteiger partial charge is 0.330 e. The van der Waals surface area contributed by atoms with Gasteiger partial charge in [0.1, 0.15) is 12.4 Å². The molecule has 0 amide bonds. The third-order valence-corrected chi connectivity index (χ3v) is 6.04. The van der Waals surface area contributed by atoms with Gasteiger partial charge < -0.3 is 19.1 Å². The zero-order valence-corrected chi connectivity index (χ0v) is 20.9. The molecule has 0 aliphatic carbocycles. The number of rotatable bonds is 12. The molecule has 2 aromatic rings. The van der Waals surface area contributed by atoms with E-state index in [1.807, 2.05) is 25.1 Å². The molecule has 1 saturated heterocycles. The summed E-state index contributed by atoms with van der Waals surface area (Å²) in [6.45, 7) is 10.7. The number of hydrogen-bond acceptors (Lipinski definition) is 5. The fourth-order valence-electron chi connectivity index (χ4n) is 4.22. The number of anilines is 1. The summed E-state index contributed by atoms with van der Waals surface area (Å²) in [6, 6.07) is 14.6. The third kappa shape index (κ3) is 7.91. The second-order valence-corrected chi connectivity index (χ2v) is 8.89. The van der Waals surface area contributed by atoms with E-state index in [0.29, 0.717) is 25.7 Å². The van der Waals surface area contributed by atoms with Gasteiger partial charge in [-0.2, -0.15) is 0 Å². The fourth-order valence-corrected chi connectivity index (χ4v) is 4.22. The van der Waals surface area contributed by atoms with Gasteiger partial charge >= 0.3 is 5.97 Å². The number of carbonyl (C=O) groups is 1. The average molecular weight is 466 g/mol. The highest BCUT2D eigenvalue weighted by Gasteiger charge is 2.19. The Hall–Kier alpha value is -2.79. The first-order valence-electron chi connectivity index (χ1n) is 12.7. The largest absolute Gasteiger partial charge is 0.491 e. The van der Waals surface area contributed by atoms with Gasteiger partial charge in [-0.05, 0) is 79.1 Å². The van der Waals surface area contributed by atoms with Crippen LogP contribution < -0.4 is 9.64 Å². The second-order valence-electron chi connectivity index (χ2n) is 8.89. The molecule has 1 aliphatic rings. The minimum Gasteiger partial charge on any atom is -0.491 e. The molecule has 5 nitrogen and oxygen atoms in total. The van der Waals surface area contributed by atoms with E-state index < -0.39 is 0 Å². The minimum absolute atomic E-state index is 0.314. The first kappa shape index (κ1) is 25.8. The number of unbranched alkanes of at least 4 members (excludes halogenated alkanes) is 1. The first-order valence-corrected chi connectivity index (χ1v) is 12.7. The van der Waals surface area contributed by atoms with Crippen LogP contribution in [0.25, 0.3) is 17.2 Å². The lowest BCUT2D eigenvalue weighted by Crippen LogP contribution is -2.34. The summed E-state index contributed by atoms with van der Waals surface area (Å²) in [7, 11) is 0. The zero-order valence-electron chi connectivity index (χ0n) is 20.9. The molecular formula is C29H39NO4. The van der Waals surface area contributed by atoms with Gasteiger partial charge in [0.25, 0.3) is 0 Å². The van der Waals surface area contributed by atoms with Crippen molar-refractivity contribution < 1.29 is 19.0 Å². The van der Waals surface area contributed by atoms with Gasteiger partial charge in [-0.15, -0.1) is 0 Å². The SMILES string of the molecule is CCCCOCCOc1ccc(-c2ccc(N3CCCC(C)C3)c(C=CC(=O)OCC)c2)cc1. The van der Waals surface area contributed by atoms with Gasteiger partial charge in [-0.25, -0.2) is 4.79 Å². The monoisotopic (exact) mass is 465 g/mol. The van der Waals surface area contributed by atoms with Gasteiger partial charge in [0.15, 0.2) is 0 Å². The van der Waals surface area contributed by atoms with Crippen molar-refractivity contribution >= 4 is 17.7 Å². The highest BCUT2D eigenvalue weighted by atomic mass is 16.5. The Morgan fingerprint density at radius 3 is 2.59 bits per heavy atom. The Bertz CT molecular complexity index is 922. The number of benzene rings is 2. The van der Waals surface area contributed by atoms with Crippen LogP contribution >= 0.6 is 0 Å². The maximum absolute atomic E-state index is 12.0. The van der Waals surface area contributed by atoms with Crippen LogP contribution in [0.5, 0.6) is 5.75 Å². The molecule has 34 heavy (non-hydrogen) atoms. The lowest BCUT2D eigenvalue weighted by molar-refractivity contribution is -0.137. The molecule has 2 aromatic carbocycles. The van der Waals surface area contributed by atoms with E-state index in [9.17, 15) is 4.79 Å². The predicted octanol–water partition coefficient (Wildman–Crippen LogP) is 6.36. The van der Waals surface area contributed by atoms with Crippen molar-refractivity contribution in [3.63, 3.8) is 0 Å². The van der Waals surface area contributed by atoms with Crippen LogP contribution in [0.4, 0.5) is 5.69 Å². The van der Waals surface area contributed by atoms with E-state index in [4.69, 9.17) is 14.2 Å². The number of ether oxygens (including phenoxy) is 3. The van der Waals surface area contributed by atoms with Crippen molar-refractivity contribution in [2.45, 2.75) is 46.5 Å². The molecule has 5 heteroatoms. The van der Waals surface area contributed by atoms with Crippen molar-refractivity contribution in [2.75, 3.05) is 44.4 Å². The van der Waals surface area contributed by atoms with Crippen LogP contribution in [-0.2, 0) is 14.3 Å². The number of carbonyl (C=O) groups excluding carboxylic acids is 1. The second kappa shape index (κ2) is 13.8. The third-order valence-electron chi connectivity index (χ3n) is 6.04. The molecule has 1 heterocycles. The van der Waals surface area contributed by atoms with Crippen LogP contribution in [0.2, 0.25) is 0 Å². The Morgan fingerprint density at radius 2 is 1.85 bits per heavy atom. The van der Waals surface area contributed by atoms with Crippen LogP contribution in [0.15, 0.2) is 48.5 Å². The molecule has 3 rings (SSSR count). The molecule has 0 bridgehead atoms. The Morgan fingerprint density at radius 1 is 1.06 bits per heavy atom. The molecule has 1 aliphatic heterocycles. The predicted molar refractivity (Wildman–Crippen MR) is 139 cm³/mol. The van der Waals surface area contributed by atoms with Gasteiger partial charge in [0.05, 0.1) is 13.2 Å². The van der Waals surface area contributed by atoms with Crippen LogP contribution in [0, 0.1) is 5.92 Å². The van der Waals surface area contributed by atoms with Crippen molar-refractivity contribution in [1.29, 1.82) is 0 Å². The van der Waals surface area contributed by atoms with E-state index in [-0.39, 0.29) is 5.97 Å². The zero-order chi connectivity index (χ0) is 24.2. The Balaban J connectivity index is 1.73. The molecule has 1 unspecified atom stereocenters. The van der Waals surface area contributed by atoms with E-state index in [1.54, 1.807) is 0 Å². The number of piperidine rings is 1. The molecule has 184 valence electrons. The summed E-state index contributed by atoms with van der Waals surface area (Å²) in [5.74, 6) is 1.19. The summed E-state index contributed by atoms with van der Waals surface area (Å²) < 4.78 is 16.5. The van der Waals surface area contributed by atoms with E-state index >= 15 is 0 Å². The molecule has 1 atom stereocenters. The summed E-state index contributed by atoms with van der Waals surface area (Å²) in [4.78, 5) is 14.4. The summed E-state index contributed by atoms with van der Waals surface area (Å²) >= 11 is 0. The number of esters is 1. The molecule has 0 radical (unpaired) electrons. The highest BCUT2D eigenvalue weighted by Crippen LogP contribution is 2.32. The van der Waals surface area contributed by atoms with Gasteiger partial charge in [0.2, 0.25) is 0 Å². The molecule has 0 saturated carbocycles. The summed E-state index contributed by atoms with van der Waals surface area (Å²) in [6.07, 6.45) is 8.09. The van der Waals surface area contributed by atoms with Crippen molar-refractivity contribution in [1.82, 2.24) is 0 Å². The Kier molecular flexibility index (Phi) is 10.5. The highest BCUT2D eigenvalue weighted by molar-refractivity contribution is 5.89. The lowest BCUT2D eigenvalue weighted by atomic mass is 9.96. The average Bonchev–Trinajstić information content (AvgIpc) is 2.85. The fraction of sp³-hybridized carbons (Fsp3) is 0.483. The maximum Gasteiger partial charge on any atom is 0.330 e. The van der Waals surface area contributed by atoms with Gasteiger partial charge in [0, 0.05) is 31.5 Å². The van der Waals surface area contributed by atoms with Crippen LogP contribution in [-0.4, -0.2) is 45.5 Å². The van der Waals surface area contributed by atoms with E-state index in [1.165, 1.54) is 24.6 Å². The molecule has 1 fully saturated rings.